The zero-order valence-electron chi connectivity index (χ0n) is 18.9. The van der Waals surface area contributed by atoms with E-state index in [1.165, 1.54) is 24.2 Å². The van der Waals surface area contributed by atoms with Crippen LogP contribution in [0.5, 0.6) is 0 Å². The van der Waals surface area contributed by atoms with Gasteiger partial charge in [0.15, 0.2) is 5.78 Å². The van der Waals surface area contributed by atoms with Gasteiger partial charge in [-0.25, -0.2) is 0 Å². The zero-order chi connectivity index (χ0) is 21.6. The normalized spacial score (nSPS) is 19.4. The van der Waals surface area contributed by atoms with Gasteiger partial charge in [0.25, 0.3) is 0 Å². The maximum atomic E-state index is 13.1. The molecule has 2 aromatic carbocycles. The maximum absolute atomic E-state index is 13.1. The van der Waals surface area contributed by atoms with Crippen molar-refractivity contribution in [2.75, 3.05) is 36.0 Å². The lowest BCUT2D eigenvalue weighted by atomic mass is 9.87. The van der Waals surface area contributed by atoms with Gasteiger partial charge in [0, 0.05) is 48.7 Å². The first-order chi connectivity index (χ1) is 15.2. The van der Waals surface area contributed by atoms with E-state index in [2.05, 4.69) is 84.3 Å². The first-order valence-electron chi connectivity index (χ1n) is 11.8. The number of hydrogen-bond donors (Lipinski definition) is 0. The second kappa shape index (κ2) is 10.00. The van der Waals surface area contributed by atoms with Crippen molar-refractivity contribution in [3.05, 3.63) is 70.8 Å². The van der Waals surface area contributed by atoms with Gasteiger partial charge in [-0.1, -0.05) is 24.3 Å². The number of Topliss-reactive ketones (excluding diaryl/α,β-unsaturated/α-hetero) is 1. The Kier molecular flexibility index (Phi) is 6.91. The summed E-state index contributed by atoms with van der Waals surface area (Å²) in [5.41, 5.74) is 6.63. The van der Waals surface area contributed by atoms with Crippen LogP contribution in [0.15, 0.2) is 59.7 Å². The summed E-state index contributed by atoms with van der Waals surface area (Å²) in [7, 11) is 0. The third-order valence-corrected chi connectivity index (χ3v) is 6.54. The second-order valence-electron chi connectivity index (χ2n) is 8.57. The largest absolute Gasteiger partial charge is 0.372 e. The van der Waals surface area contributed by atoms with Crippen LogP contribution in [0, 0.1) is 0 Å². The number of anilines is 2. The number of rotatable bonds is 6. The van der Waals surface area contributed by atoms with Crippen LogP contribution >= 0.6 is 0 Å². The minimum Gasteiger partial charge on any atom is -0.372 e. The maximum Gasteiger partial charge on any atom is 0.185 e. The van der Waals surface area contributed by atoms with E-state index in [-0.39, 0.29) is 5.78 Å². The van der Waals surface area contributed by atoms with Gasteiger partial charge >= 0.3 is 0 Å². The zero-order valence-corrected chi connectivity index (χ0v) is 18.9. The molecule has 2 aromatic rings. The molecule has 0 atom stereocenters. The first-order valence-corrected chi connectivity index (χ1v) is 11.8. The predicted molar refractivity (Wildman–Crippen MR) is 133 cm³/mol. The number of carbonyl (C=O) groups excluding carboxylic acids is 1. The summed E-state index contributed by atoms with van der Waals surface area (Å²) >= 11 is 0. The monoisotopic (exact) mass is 414 g/mol. The van der Waals surface area contributed by atoms with E-state index in [0.29, 0.717) is 0 Å². The predicted octanol–water partition coefficient (Wildman–Crippen LogP) is 6.35. The van der Waals surface area contributed by atoms with Gasteiger partial charge in [0.05, 0.1) is 0 Å². The molecule has 2 aliphatic rings. The molecule has 1 saturated heterocycles. The molecule has 1 aliphatic heterocycles. The highest BCUT2D eigenvalue weighted by atomic mass is 16.1. The lowest BCUT2D eigenvalue weighted by Crippen LogP contribution is -2.21. The van der Waals surface area contributed by atoms with Crippen molar-refractivity contribution in [2.24, 2.45) is 0 Å². The van der Waals surface area contributed by atoms with Crippen molar-refractivity contribution in [3.8, 4) is 0 Å². The van der Waals surface area contributed by atoms with Crippen molar-refractivity contribution in [3.63, 3.8) is 0 Å². The van der Waals surface area contributed by atoms with Crippen molar-refractivity contribution < 1.29 is 4.79 Å². The molecule has 0 spiro atoms. The molecule has 3 heteroatoms. The number of benzene rings is 2. The van der Waals surface area contributed by atoms with Crippen LogP contribution in [-0.2, 0) is 4.79 Å². The van der Waals surface area contributed by atoms with Gasteiger partial charge in [-0.3, -0.25) is 4.79 Å². The molecule has 1 aliphatic carbocycles. The summed E-state index contributed by atoms with van der Waals surface area (Å²) < 4.78 is 0. The molecule has 0 radical (unpaired) electrons. The first kappa shape index (κ1) is 21.4. The number of nitrogens with zero attached hydrogens (tertiary/aromatic N) is 2. The molecule has 0 unspecified atom stereocenters. The second-order valence-corrected chi connectivity index (χ2v) is 8.57. The Bertz CT molecular complexity index is 878. The van der Waals surface area contributed by atoms with Crippen LogP contribution < -0.4 is 9.80 Å². The van der Waals surface area contributed by atoms with Gasteiger partial charge in [-0.2, -0.15) is 0 Å². The van der Waals surface area contributed by atoms with E-state index in [0.717, 1.165) is 67.7 Å². The third kappa shape index (κ3) is 5.10. The highest BCUT2D eigenvalue weighted by Gasteiger charge is 2.20. The highest BCUT2D eigenvalue weighted by molar-refractivity contribution is 6.14. The van der Waals surface area contributed by atoms with Crippen molar-refractivity contribution in [2.45, 2.75) is 46.0 Å². The molecule has 0 N–H and O–H groups in total. The Hall–Kier alpha value is -2.81. The molecule has 2 fully saturated rings. The van der Waals surface area contributed by atoms with Crippen LogP contribution in [0.2, 0.25) is 0 Å². The molecule has 162 valence electrons. The fourth-order valence-corrected chi connectivity index (χ4v) is 4.71. The Morgan fingerprint density at radius 1 is 0.774 bits per heavy atom. The SMILES string of the molecule is CCN(CC)c1ccc(C=C2CCCC(=Cc3ccc(N4CCCC4)cc3)C2=O)cc1. The van der Waals surface area contributed by atoms with Crippen molar-refractivity contribution in [1.29, 1.82) is 0 Å². The number of allylic oxidation sites excluding steroid dienone is 2. The summed E-state index contributed by atoms with van der Waals surface area (Å²) in [5, 5.41) is 0. The number of carbonyl (C=O) groups is 1. The molecule has 31 heavy (non-hydrogen) atoms. The Morgan fingerprint density at radius 3 is 1.81 bits per heavy atom. The lowest BCUT2D eigenvalue weighted by molar-refractivity contribution is -0.112. The van der Waals surface area contributed by atoms with E-state index in [1.54, 1.807) is 0 Å². The molecule has 0 bridgehead atoms. The smallest absolute Gasteiger partial charge is 0.185 e. The van der Waals surface area contributed by atoms with Gasteiger partial charge in [0.1, 0.15) is 0 Å². The van der Waals surface area contributed by atoms with Crippen LogP contribution in [-0.4, -0.2) is 32.0 Å². The summed E-state index contributed by atoms with van der Waals surface area (Å²) in [6, 6.07) is 17.3. The van der Waals surface area contributed by atoms with Crippen LogP contribution in [0.1, 0.15) is 57.1 Å². The lowest BCUT2D eigenvalue weighted by Gasteiger charge is -2.21. The standard InChI is InChI=1S/C28H34N2O/c1-3-29(4-2)26-14-10-22(11-15-26)20-24-8-7-9-25(28(24)31)21-23-12-16-27(17-13-23)30-18-5-6-19-30/h10-17,20-21H,3-9,18-19H2,1-2H3. The molecule has 1 heterocycles. The van der Waals surface area contributed by atoms with Crippen LogP contribution in [0.4, 0.5) is 11.4 Å². The summed E-state index contributed by atoms with van der Waals surface area (Å²) in [5.74, 6) is 0.211. The molecular formula is C28H34N2O. The molecular weight excluding hydrogens is 380 g/mol. The topological polar surface area (TPSA) is 23.6 Å². The summed E-state index contributed by atoms with van der Waals surface area (Å²) in [6.07, 6.45) is 9.51. The van der Waals surface area contributed by atoms with Gasteiger partial charge < -0.3 is 9.80 Å². The Morgan fingerprint density at radius 2 is 1.29 bits per heavy atom. The molecule has 4 rings (SSSR count). The number of ketones is 1. The van der Waals surface area contributed by atoms with E-state index in [4.69, 9.17) is 0 Å². The minimum absolute atomic E-state index is 0.211. The average molecular weight is 415 g/mol. The van der Waals surface area contributed by atoms with Gasteiger partial charge in [-0.05, 0) is 93.5 Å². The average Bonchev–Trinajstić information content (AvgIpc) is 3.34. The van der Waals surface area contributed by atoms with Crippen LogP contribution in [0.25, 0.3) is 12.2 Å². The summed E-state index contributed by atoms with van der Waals surface area (Å²) in [4.78, 5) is 17.9. The van der Waals surface area contributed by atoms with Crippen LogP contribution in [0.3, 0.4) is 0 Å². The Labute approximate surface area is 187 Å². The molecule has 1 saturated carbocycles. The van der Waals surface area contributed by atoms with Gasteiger partial charge in [-0.15, -0.1) is 0 Å². The fraction of sp³-hybridized carbons (Fsp3) is 0.393. The van der Waals surface area contributed by atoms with Crippen molar-refractivity contribution >= 4 is 29.3 Å². The molecule has 3 nitrogen and oxygen atoms in total. The molecule has 0 aromatic heterocycles. The van der Waals surface area contributed by atoms with E-state index in [1.807, 2.05) is 0 Å². The fourth-order valence-electron chi connectivity index (χ4n) is 4.71. The number of hydrogen-bond acceptors (Lipinski definition) is 3. The minimum atomic E-state index is 0.211. The van der Waals surface area contributed by atoms with E-state index >= 15 is 0 Å². The van der Waals surface area contributed by atoms with Crippen molar-refractivity contribution in [1.82, 2.24) is 0 Å². The van der Waals surface area contributed by atoms with Gasteiger partial charge in [0.2, 0.25) is 0 Å². The van der Waals surface area contributed by atoms with E-state index < -0.39 is 0 Å². The molecule has 0 amide bonds. The quantitative estimate of drug-likeness (QED) is 0.514. The summed E-state index contributed by atoms with van der Waals surface area (Å²) in [6.45, 7) is 8.67. The highest BCUT2D eigenvalue weighted by Crippen LogP contribution is 2.29. The van der Waals surface area contributed by atoms with E-state index in [9.17, 15) is 4.79 Å². The third-order valence-electron chi connectivity index (χ3n) is 6.54. The Balaban J connectivity index is 1.48.